The van der Waals surface area contributed by atoms with Gasteiger partial charge in [-0.3, -0.25) is 14.9 Å². The maximum atomic E-state index is 13.3. The number of nitro benzene ring substituents is 1. The summed E-state index contributed by atoms with van der Waals surface area (Å²) in [5, 5.41) is 13.4. The molecule has 9 nitrogen and oxygen atoms in total. The normalized spacial score (nSPS) is 14.8. The first kappa shape index (κ1) is 21.7. The fourth-order valence-corrected chi connectivity index (χ4v) is 4.58. The Bertz CT molecular complexity index is 1040. The molecule has 1 aliphatic rings. The monoisotopic (exact) mass is 437 g/mol. The molecular weight excluding hydrogens is 417 g/mol. The van der Waals surface area contributed by atoms with Gasteiger partial charge in [0.15, 0.2) is 6.61 Å². The molecule has 0 atom stereocenters. The summed E-state index contributed by atoms with van der Waals surface area (Å²) in [7, 11) is -3.57. The Morgan fingerprint density at radius 1 is 1.13 bits per heavy atom. The highest BCUT2D eigenvalue weighted by Crippen LogP contribution is 2.27. The lowest BCUT2D eigenvalue weighted by Gasteiger charge is -2.25. The van der Waals surface area contributed by atoms with Crippen LogP contribution in [0.3, 0.4) is 0 Å². The number of halogens is 1. The van der Waals surface area contributed by atoms with Crippen molar-refractivity contribution < 1.29 is 27.3 Å². The minimum Gasteiger partial charge on any atom is -0.477 e. The number of nitro groups is 1. The number of hydrogen-bond donors (Lipinski definition) is 1. The number of anilines is 1. The first-order chi connectivity index (χ1) is 14.3. The van der Waals surface area contributed by atoms with Gasteiger partial charge in [-0.05, 0) is 43.2 Å². The Hall–Kier alpha value is -3.05. The molecule has 160 valence electrons. The van der Waals surface area contributed by atoms with Crippen molar-refractivity contribution in [2.45, 2.75) is 24.2 Å². The number of amides is 1. The maximum absolute atomic E-state index is 13.3. The van der Waals surface area contributed by atoms with Crippen LogP contribution in [0.25, 0.3) is 0 Å². The quantitative estimate of drug-likeness (QED) is 0.525. The van der Waals surface area contributed by atoms with Gasteiger partial charge in [0.25, 0.3) is 5.91 Å². The average Bonchev–Trinajstić information content (AvgIpc) is 2.73. The molecule has 1 aliphatic heterocycles. The first-order valence-corrected chi connectivity index (χ1v) is 10.7. The van der Waals surface area contributed by atoms with Gasteiger partial charge in [0.1, 0.15) is 5.82 Å². The van der Waals surface area contributed by atoms with E-state index in [9.17, 15) is 27.7 Å². The number of carbonyl (C=O) groups excluding carboxylic acids is 1. The van der Waals surface area contributed by atoms with Crippen LogP contribution in [0.15, 0.2) is 47.4 Å². The van der Waals surface area contributed by atoms with Gasteiger partial charge in [0, 0.05) is 30.9 Å². The van der Waals surface area contributed by atoms with Crippen molar-refractivity contribution >= 4 is 27.3 Å². The zero-order chi connectivity index (χ0) is 21.7. The fraction of sp³-hybridized carbons (Fsp3) is 0.316. The Kier molecular flexibility index (Phi) is 6.63. The summed E-state index contributed by atoms with van der Waals surface area (Å²) in [6.07, 6.45) is 2.67. The minimum atomic E-state index is -3.57. The smallest absolute Gasteiger partial charge is 0.311 e. The zero-order valence-electron chi connectivity index (χ0n) is 15.9. The van der Waals surface area contributed by atoms with E-state index in [4.69, 9.17) is 4.74 Å². The Labute approximate surface area is 172 Å². The summed E-state index contributed by atoms with van der Waals surface area (Å²) in [5.74, 6) is -1.74. The van der Waals surface area contributed by atoms with E-state index in [1.54, 1.807) is 0 Å². The van der Waals surface area contributed by atoms with Gasteiger partial charge >= 0.3 is 5.69 Å². The molecule has 1 fully saturated rings. The van der Waals surface area contributed by atoms with Crippen molar-refractivity contribution in [2.24, 2.45) is 0 Å². The van der Waals surface area contributed by atoms with Gasteiger partial charge in [0.2, 0.25) is 15.8 Å². The molecule has 1 heterocycles. The number of carbonyl (C=O) groups is 1. The van der Waals surface area contributed by atoms with Crippen LogP contribution in [-0.2, 0) is 14.8 Å². The highest BCUT2D eigenvalue weighted by molar-refractivity contribution is 7.89. The number of nitrogens with one attached hydrogen (secondary N) is 1. The molecule has 2 aromatic carbocycles. The molecule has 1 saturated heterocycles. The topological polar surface area (TPSA) is 119 Å². The Morgan fingerprint density at radius 2 is 1.80 bits per heavy atom. The van der Waals surface area contributed by atoms with Crippen molar-refractivity contribution in [1.29, 1.82) is 0 Å². The molecular formula is C19H20FN3O6S. The second-order valence-electron chi connectivity index (χ2n) is 6.70. The number of benzene rings is 2. The van der Waals surface area contributed by atoms with Crippen LogP contribution in [0.4, 0.5) is 15.8 Å². The van der Waals surface area contributed by atoms with E-state index in [2.05, 4.69) is 5.32 Å². The van der Waals surface area contributed by atoms with E-state index >= 15 is 0 Å². The molecule has 0 unspecified atom stereocenters. The summed E-state index contributed by atoms with van der Waals surface area (Å²) in [5.41, 5.74) is -0.133. The fourth-order valence-electron chi connectivity index (χ4n) is 3.06. The number of hydrogen-bond acceptors (Lipinski definition) is 6. The molecule has 0 saturated carbocycles. The second-order valence-corrected chi connectivity index (χ2v) is 8.63. The van der Waals surface area contributed by atoms with E-state index in [1.807, 2.05) is 0 Å². The van der Waals surface area contributed by atoms with Crippen molar-refractivity contribution in [3.8, 4) is 5.75 Å². The third kappa shape index (κ3) is 5.10. The summed E-state index contributed by atoms with van der Waals surface area (Å²) < 4.78 is 45.1. The minimum absolute atomic E-state index is 0.133. The third-order valence-electron chi connectivity index (χ3n) is 4.57. The molecule has 2 aromatic rings. The predicted molar refractivity (Wildman–Crippen MR) is 106 cm³/mol. The summed E-state index contributed by atoms with van der Waals surface area (Å²) in [4.78, 5) is 22.4. The van der Waals surface area contributed by atoms with Crippen molar-refractivity contribution in [3.63, 3.8) is 0 Å². The molecule has 0 spiro atoms. The van der Waals surface area contributed by atoms with Gasteiger partial charge < -0.3 is 10.1 Å². The summed E-state index contributed by atoms with van der Waals surface area (Å²) in [6.45, 7) is 0.396. The summed E-state index contributed by atoms with van der Waals surface area (Å²) in [6, 6.07) is 8.38. The van der Waals surface area contributed by atoms with Gasteiger partial charge in [-0.15, -0.1) is 0 Å². The number of nitrogens with zero attached hydrogens (tertiary/aromatic N) is 2. The van der Waals surface area contributed by atoms with Crippen LogP contribution in [0.2, 0.25) is 0 Å². The van der Waals surface area contributed by atoms with Crippen LogP contribution in [0.1, 0.15) is 19.3 Å². The highest BCUT2D eigenvalue weighted by atomic mass is 32.2. The molecule has 1 amide bonds. The second kappa shape index (κ2) is 9.18. The van der Waals surface area contributed by atoms with E-state index < -0.39 is 39.0 Å². The molecule has 1 N–H and O–H groups in total. The van der Waals surface area contributed by atoms with E-state index in [0.717, 1.165) is 37.5 Å². The summed E-state index contributed by atoms with van der Waals surface area (Å²) >= 11 is 0. The van der Waals surface area contributed by atoms with Gasteiger partial charge in [-0.2, -0.15) is 4.31 Å². The lowest BCUT2D eigenvalue weighted by molar-refractivity contribution is -0.385. The van der Waals surface area contributed by atoms with Crippen LogP contribution >= 0.6 is 0 Å². The van der Waals surface area contributed by atoms with Crippen LogP contribution in [0, 0.1) is 15.9 Å². The number of ether oxygens (including phenoxy) is 1. The third-order valence-corrected chi connectivity index (χ3v) is 6.48. The number of sulfonamides is 1. The first-order valence-electron chi connectivity index (χ1n) is 9.24. The molecule has 0 bridgehead atoms. The highest BCUT2D eigenvalue weighted by Gasteiger charge is 2.25. The van der Waals surface area contributed by atoms with Crippen LogP contribution in [-0.4, -0.2) is 43.2 Å². The standard InChI is InChI=1S/C19H20FN3O6S/c20-14-4-9-17(23(25)26)18(12-14)29-13-19(24)21-15-5-7-16(8-6-15)30(27,28)22-10-2-1-3-11-22/h4-9,12H,1-3,10-11,13H2,(H,21,24). The molecule has 0 aromatic heterocycles. The Morgan fingerprint density at radius 3 is 2.43 bits per heavy atom. The SMILES string of the molecule is O=C(COc1cc(F)ccc1[N+](=O)[O-])Nc1ccc(S(=O)(=O)N2CCCCC2)cc1. The lowest BCUT2D eigenvalue weighted by Crippen LogP contribution is -2.35. The largest absolute Gasteiger partial charge is 0.477 e. The predicted octanol–water partition coefficient (Wildman–Crippen LogP) is 2.93. The molecule has 30 heavy (non-hydrogen) atoms. The zero-order valence-corrected chi connectivity index (χ0v) is 16.7. The van der Waals surface area contributed by atoms with Crippen LogP contribution < -0.4 is 10.1 Å². The van der Waals surface area contributed by atoms with Crippen molar-refractivity contribution in [2.75, 3.05) is 25.0 Å². The van der Waals surface area contributed by atoms with Crippen molar-refractivity contribution in [1.82, 2.24) is 4.31 Å². The van der Waals surface area contributed by atoms with Gasteiger partial charge in [-0.25, -0.2) is 12.8 Å². The van der Waals surface area contributed by atoms with E-state index in [1.165, 1.54) is 28.6 Å². The molecule has 11 heteroatoms. The van der Waals surface area contributed by atoms with Gasteiger partial charge in [0.05, 0.1) is 9.82 Å². The molecule has 0 aliphatic carbocycles. The molecule has 3 rings (SSSR count). The van der Waals surface area contributed by atoms with Crippen LogP contribution in [0.5, 0.6) is 5.75 Å². The molecule has 0 radical (unpaired) electrons. The van der Waals surface area contributed by atoms with Crippen molar-refractivity contribution in [3.05, 3.63) is 58.4 Å². The maximum Gasteiger partial charge on any atom is 0.311 e. The number of rotatable bonds is 7. The van der Waals surface area contributed by atoms with E-state index in [-0.39, 0.29) is 10.6 Å². The lowest BCUT2D eigenvalue weighted by atomic mass is 10.2. The van der Waals surface area contributed by atoms with Gasteiger partial charge in [-0.1, -0.05) is 6.42 Å². The Balaban J connectivity index is 1.61. The number of piperidine rings is 1. The average molecular weight is 437 g/mol. The van der Waals surface area contributed by atoms with E-state index in [0.29, 0.717) is 18.8 Å².